The van der Waals surface area contributed by atoms with Crippen LogP contribution in [0.4, 0.5) is 0 Å². The first-order valence-corrected chi connectivity index (χ1v) is 7.66. The van der Waals surface area contributed by atoms with Gasteiger partial charge in [-0.1, -0.05) is 34.6 Å². The van der Waals surface area contributed by atoms with Crippen molar-refractivity contribution in [2.75, 3.05) is 20.2 Å². The smallest absolute Gasteiger partial charge is 0.300 e. The number of carboxylic acid groups (broad SMARTS) is 1. The summed E-state index contributed by atoms with van der Waals surface area (Å²) in [6.45, 7) is 10.8. The molecule has 1 atom stereocenters. The molecule has 21 heavy (non-hydrogen) atoms. The Morgan fingerprint density at radius 1 is 1.29 bits per heavy atom. The molecule has 0 aliphatic heterocycles. The van der Waals surface area contributed by atoms with Crippen LogP contribution in [0.2, 0.25) is 0 Å². The molecule has 0 aromatic heterocycles. The van der Waals surface area contributed by atoms with Gasteiger partial charge < -0.3 is 20.5 Å². The summed E-state index contributed by atoms with van der Waals surface area (Å²) in [4.78, 5) is 9.00. The summed E-state index contributed by atoms with van der Waals surface area (Å²) in [7, 11) is 1.99. The highest BCUT2D eigenvalue weighted by molar-refractivity contribution is 7.80. The van der Waals surface area contributed by atoms with Gasteiger partial charge in [0.25, 0.3) is 11.1 Å². The quantitative estimate of drug-likeness (QED) is 0.623. The molecular weight excluding hydrogens is 288 g/mol. The van der Waals surface area contributed by atoms with Crippen LogP contribution in [0.25, 0.3) is 0 Å². The minimum absolute atomic E-state index is 0. The molecule has 0 heterocycles. The molecule has 0 aromatic carbocycles. The van der Waals surface area contributed by atoms with Crippen LogP contribution in [0.1, 0.15) is 61.3 Å². The molecule has 6 heteroatoms. The van der Waals surface area contributed by atoms with Crippen molar-refractivity contribution in [3.63, 3.8) is 0 Å². The molecule has 0 fully saturated rings. The Bertz CT molecular complexity index is 223. The Labute approximate surface area is 136 Å². The average molecular weight is 325 g/mol. The second-order valence-electron chi connectivity index (χ2n) is 3.75. The van der Waals surface area contributed by atoms with Crippen LogP contribution < -0.4 is 10.6 Å². The predicted molar refractivity (Wildman–Crippen MR) is 96.0 cm³/mol. The highest BCUT2D eigenvalue weighted by Crippen LogP contribution is 2.01. The third-order valence-corrected chi connectivity index (χ3v) is 2.33. The average Bonchev–Trinajstić information content (AvgIpc) is 2.39. The molecule has 5 nitrogen and oxygen atoms in total. The molecule has 0 spiro atoms. The molecule has 0 rings (SSSR count). The van der Waals surface area contributed by atoms with Gasteiger partial charge in [-0.25, -0.2) is 0 Å². The lowest BCUT2D eigenvalue weighted by atomic mass is 10.1. The van der Waals surface area contributed by atoms with Gasteiger partial charge in [-0.2, -0.15) is 0 Å². The molecule has 1 unspecified atom stereocenters. The number of thiocarbonyl (C=S) groups is 1. The molecule has 130 valence electrons. The van der Waals surface area contributed by atoms with Crippen LogP contribution in [0.5, 0.6) is 0 Å². The molecule has 0 saturated carbocycles. The number of hydrogen-bond donors (Lipinski definition) is 3. The molecule has 0 bridgehead atoms. The van der Waals surface area contributed by atoms with E-state index >= 15 is 0 Å². The summed E-state index contributed by atoms with van der Waals surface area (Å²) in [5.74, 6) is -0.833. The van der Waals surface area contributed by atoms with Crippen molar-refractivity contribution in [3.8, 4) is 0 Å². The van der Waals surface area contributed by atoms with E-state index in [1.54, 1.807) is 0 Å². The SMILES string of the molecule is C.CC.CC(=O)O.CCCC(CCOC(=S)NCC)NC. The number of nitrogens with one attached hydrogen (secondary N) is 2. The number of carbonyl (C=O) groups is 1. The van der Waals surface area contributed by atoms with Crippen molar-refractivity contribution in [3.05, 3.63) is 0 Å². The summed E-state index contributed by atoms with van der Waals surface area (Å²) >= 11 is 4.95. The third-order valence-electron chi connectivity index (χ3n) is 2.07. The number of hydrogen-bond acceptors (Lipinski definition) is 4. The molecular formula is C15H36N2O3S. The van der Waals surface area contributed by atoms with E-state index in [-0.39, 0.29) is 7.43 Å². The van der Waals surface area contributed by atoms with E-state index in [2.05, 4.69) is 17.6 Å². The fourth-order valence-corrected chi connectivity index (χ4v) is 1.50. The summed E-state index contributed by atoms with van der Waals surface area (Å²) in [5.41, 5.74) is 0. The first-order valence-electron chi connectivity index (χ1n) is 7.25. The van der Waals surface area contributed by atoms with Crippen LogP contribution in [0, 0.1) is 0 Å². The molecule has 0 aromatic rings. The van der Waals surface area contributed by atoms with Crippen LogP contribution in [0.3, 0.4) is 0 Å². The van der Waals surface area contributed by atoms with Crippen LogP contribution in [0.15, 0.2) is 0 Å². The van der Waals surface area contributed by atoms with E-state index in [4.69, 9.17) is 26.9 Å². The normalized spacial score (nSPS) is 9.62. The van der Waals surface area contributed by atoms with Gasteiger partial charge in [0.1, 0.15) is 0 Å². The van der Waals surface area contributed by atoms with Crippen LogP contribution in [-0.4, -0.2) is 42.5 Å². The summed E-state index contributed by atoms with van der Waals surface area (Å²) in [5, 5.41) is 14.2. The maximum absolute atomic E-state index is 9.00. The summed E-state index contributed by atoms with van der Waals surface area (Å²) < 4.78 is 5.34. The molecule has 0 aliphatic carbocycles. The Balaban J connectivity index is -0.000000177. The van der Waals surface area contributed by atoms with Gasteiger partial charge >= 0.3 is 0 Å². The predicted octanol–water partition coefficient (Wildman–Crippen LogP) is 3.43. The van der Waals surface area contributed by atoms with Gasteiger partial charge in [0.15, 0.2) is 0 Å². The fraction of sp³-hybridized carbons (Fsp3) is 0.867. The van der Waals surface area contributed by atoms with E-state index in [9.17, 15) is 0 Å². The van der Waals surface area contributed by atoms with Crippen molar-refractivity contribution in [1.82, 2.24) is 10.6 Å². The highest BCUT2D eigenvalue weighted by Gasteiger charge is 2.04. The fourth-order valence-electron chi connectivity index (χ4n) is 1.27. The van der Waals surface area contributed by atoms with Gasteiger partial charge in [0.05, 0.1) is 6.61 Å². The zero-order valence-corrected chi connectivity index (χ0v) is 14.6. The first-order chi connectivity index (χ1) is 9.47. The lowest BCUT2D eigenvalue weighted by Gasteiger charge is -2.15. The van der Waals surface area contributed by atoms with E-state index in [0.29, 0.717) is 17.8 Å². The van der Waals surface area contributed by atoms with Crippen LogP contribution in [-0.2, 0) is 9.53 Å². The maximum Gasteiger partial charge on any atom is 0.300 e. The van der Waals surface area contributed by atoms with Gasteiger partial charge in [0.2, 0.25) is 0 Å². The van der Waals surface area contributed by atoms with Crippen molar-refractivity contribution < 1.29 is 14.6 Å². The van der Waals surface area contributed by atoms with Gasteiger partial charge in [0, 0.05) is 19.5 Å². The standard InChI is InChI=1S/C10H22N2OS.C2H4O2.C2H6.CH4/c1-4-6-9(11-3)7-8-13-10(14)12-5-2;1-2(3)4;1-2;/h9,11H,4-8H2,1-3H3,(H,12,14);1H3,(H,3,4);1-2H3;1H4. The molecule has 0 radical (unpaired) electrons. The third kappa shape index (κ3) is 32.6. The van der Waals surface area contributed by atoms with Crippen molar-refractivity contribution >= 4 is 23.4 Å². The second kappa shape index (κ2) is 24.2. The van der Waals surface area contributed by atoms with Gasteiger partial charge in [-0.3, -0.25) is 4.79 Å². The Kier molecular flexibility index (Phi) is 32.6. The topological polar surface area (TPSA) is 70.6 Å². The van der Waals surface area contributed by atoms with Crippen molar-refractivity contribution in [1.29, 1.82) is 0 Å². The monoisotopic (exact) mass is 324 g/mol. The Morgan fingerprint density at radius 2 is 1.76 bits per heavy atom. The Morgan fingerprint density at radius 3 is 2.10 bits per heavy atom. The molecule has 0 amide bonds. The van der Waals surface area contributed by atoms with E-state index in [1.807, 2.05) is 27.8 Å². The largest absolute Gasteiger partial charge is 0.481 e. The van der Waals surface area contributed by atoms with Crippen molar-refractivity contribution in [2.45, 2.75) is 67.3 Å². The number of rotatable bonds is 7. The summed E-state index contributed by atoms with van der Waals surface area (Å²) in [6.07, 6.45) is 3.40. The number of ether oxygens (including phenoxy) is 1. The molecule has 0 aliphatic rings. The maximum atomic E-state index is 9.00. The van der Waals surface area contributed by atoms with E-state index in [0.717, 1.165) is 19.9 Å². The first kappa shape index (κ1) is 28.3. The van der Waals surface area contributed by atoms with Crippen LogP contribution >= 0.6 is 12.2 Å². The zero-order valence-electron chi connectivity index (χ0n) is 13.8. The second-order valence-corrected chi connectivity index (χ2v) is 4.12. The van der Waals surface area contributed by atoms with E-state index < -0.39 is 5.97 Å². The van der Waals surface area contributed by atoms with Crippen molar-refractivity contribution in [2.24, 2.45) is 0 Å². The molecule has 3 N–H and O–H groups in total. The number of carboxylic acids is 1. The lowest BCUT2D eigenvalue weighted by molar-refractivity contribution is -0.134. The van der Waals surface area contributed by atoms with Gasteiger partial charge in [-0.15, -0.1) is 0 Å². The zero-order chi connectivity index (χ0) is 16.4. The van der Waals surface area contributed by atoms with E-state index in [1.165, 1.54) is 12.8 Å². The molecule has 0 saturated heterocycles. The summed E-state index contributed by atoms with van der Waals surface area (Å²) in [6, 6.07) is 0.546. The number of aliphatic carboxylic acids is 1. The van der Waals surface area contributed by atoms with Gasteiger partial charge in [-0.05, 0) is 39.0 Å². The lowest BCUT2D eigenvalue weighted by Crippen LogP contribution is -2.29. The highest BCUT2D eigenvalue weighted by atomic mass is 32.1. The minimum atomic E-state index is -0.833. The Hall–Kier alpha value is -0.880. The minimum Gasteiger partial charge on any atom is -0.481 e.